The second-order valence-corrected chi connectivity index (χ2v) is 8.59. The standard InChI is InChI=1S/C19H34O16/c1-30-17-11(27)8(24)15(33-17)6(23)4-31-18-12(28)10(26)16(35-18)7(3-21)32-19-13(29)9(25)14(34-19)5(22)2-20/h5-29H,2-4H2,1H3/t5-,6-,7-,8-,9-,10-,11-,12-,13-,14+,15+,16+,17-,18-,19-/m1/s1. The van der Waals surface area contributed by atoms with Crippen LogP contribution in [-0.2, 0) is 28.4 Å². The Morgan fingerprint density at radius 2 is 1.11 bits per heavy atom. The van der Waals surface area contributed by atoms with Gasteiger partial charge in [0.05, 0.1) is 19.8 Å². The van der Waals surface area contributed by atoms with Gasteiger partial charge in [0, 0.05) is 7.11 Å². The van der Waals surface area contributed by atoms with Gasteiger partial charge < -0.3 is 79.5 Å². The molecule has 3 aliphatic rings. The summed E-state index contributed by atoms with van der Waals surface area (Å²) in [5, 5.41) is 99.3. The molecule has 35 heavy (non-hydrogen) atoms. The molecule has 206 valence electrons. The van der Waals surface area contributed by atoms with Crippen LogP contribution in [0.1, 0.15) is 0 Å². The molecule has 3 fully saturated rings. The molecule has 0 aromatic heterocycles. The zero-order valence-electron chi connectivity index (χ0n) is 18.7. The summed E-state index contributed by atoms with van der Waals surface area (Å²) in [5.41, 5.74) is 0. The van der Waals surface area contributed by atoms with Crippen molar-refractivity contribution in [2.45, 2.75) is 92.1 Å². The van der Waals surface area contributed by atoms with Crippen LogP contribution >= 0.6 is 0 Å². The van der Waals surface area contributed by atoms with Crippen molar-refractivity contribution >= 4 is 0 Å². The number of methoxy groups -OCH3 is 1. The molecule has 3 saturated heterocycles. The van der Waals surface area contributed by atoms with Crippen LogP contribution in [0.15, 0.2) is 0 Å². The topological polar surface area (TPSA) is 258 Å². The Kier molecular flexibility index (Phi) is 10.1. The largest absolute Gasteiger partial charge is 0.394 e. The van der Waals surface area contributed by atoms with E-state index >= 15 is 0 Å². The minimum atomic E-state index is -1.68. The van der Waals surface area contributed by atoms with Crippen molar-refractivity contribution in [3.63, 3.8) is 0 Å². The Labute approximate surface area is 199 Å². The van der Waals surface area contributed by atoms with Gasteiger partial charge in [-0.15, -0.1) is 0 Å². The molecule has 16 heteroatoms. The fraction of sp³-hybridized carbons (Fsp3) is 1.00. The molecule has 0 amide bonds. The highest BCUT2D eigenvalue weighted by atomic mass is 16.7. The molecule has 0 aliphatic carbocycles. The van der Waals surface area contributed by atoms with Gasteiger partial charge in [0.2, 0.25) is 0 Å². The quantitative estimate of drug-likeness (QED) is 0.122. The van der Waals surface area contributed by atoms with Crippen LogP contribution in [0.5, 0.6) is 0 Å². The Bertz CT molecular complexity index is 656. The van der Waals surface area contributed by atoms with E-state index in [4.69, 9.17) is 33.5 Å². The molecule has 0 aromatic carbocycles. The molecule has 0 bridgehead atoms. The van der Waals surface area contributed by atoms with E-state index in [2.05, 4.69) is 0 Å². The van der Waals surface area contributed by atoms with Crippen LogP contribution in [0.25, 0.3) is 0 Å². The summed E-state index contributed by atoms with van der Waals surface area (Å²) in [4.78, 5) is 0. The molecule has 15 atom stereocenters. The van der Waals surface area contributed by atoms with E-state index in [0.29, 0.717) is 0 Å². The average Bonchev–Trinajstić information content (AvgIpc) is 3.42. The first kappa shape index (κ1) is 28.9. The summed E-state index contributed by atoms with van der Waals surface area (Å²) in [6.07, 6.45) is -22.3. The Balaban J connectivity index is 1.56. The number of aliphatic hydroxyl groups excluding tert-OH is 10. The monoisotopic (exact) mass is 518 g/mol. The fourth-order valence-electron chi connectivity index (χ4n) is 4.19. The van der Waals surface area contributed by atoms with Gasteiger partial charge in [-0.3, -0.25) is 0 Å². The third-order valence-corrected chi connectivity index (χ3v) is 6.23. The molecule has 0 unspecified atom stereocenters. The Hall–Kier alpha value is -0.640. The minimum absolute atomic E-state index is 0.561. The summed E-state index contributed by atoms with van der Waals surface area (Å²) < 4.78 is 31.4. The highest BCUT2D eigenvalue weighted by Crippen LogP contribution is 2.31. The van der Waals surface area contributed by atoms with Gasteiger partial charge in [0.1, 0.15) is 73.2 Å². The van der Waals surface area contributed by atoms with E-state index in [1.165, 1.54) is 7.11 Å². The lowest BCUT2D eigenvalue weighted by Gasteiger charge is -2.28. The maximum atomic E-state index is 10.4. The van der Waals surface area contributed by atoms with Crippen molar-refractivity contribution in [3.8, 4) is 0 Å². The molecule has 0 saturated carbocycles. The molecular formula is C19H34O16. The van der Waals surface area contributed by atoms with Gasteiger partial charge in [-0.1, -0.05) is 0 Å². The molecule has 0 spiro atoms. The van der Waals surface area contributed by atoms with Crippen LogP contribution in [0.3, 0.4) is 0 Å². The normalized spacial score (nSPS) is 46.7. The minimum Gasteiger partial charge on any atom is -0.394 e. The SMILES string of the molecule is CO[C@@H]1O[C@@H]([C@H](O)CO[C@@H]2O[C@@H]([C@@H](CO)O[C@@H]3O[C@@H]([C@H](O)CO)[C@H](O)[C@H]3O)[C@H](O)[C@H]2O)[C@H](O)[C@H]1O. The summed E-state index contributed by atoms with van der Waals surface area (Å²) in [6.45, 7) is -2.12. The Morgan fingerprint density at radius 3 is 1.66 bits per heavy atom. The van der Waals surface area contributed by atoms with E-state index in [-0.39, 0.29) is 0 Å². The number of ether oxygens (including phenoxy) is 6. The molecule has 0 radical (unpaired) electrons. The third kappa shape index (κ3) is 5.93. The van der Waals surface area contributed by atoms with Crippen molar-refractivity contribution in [1.29, 1.82) is 0 Å². The summed E-state index contributed by atoms with van der Waals surface area (Å²) in [6, 6.07) is 0. The van der Waals surface area contributed by atoms with E-state index in [9.17, 15) is 46.0 Å². The lowest BCUT2D eigenvalue weighted by molar-refractivity contribution is -0.247. The Morgan fingerprint density at radius 1 is 0.629 bits per heavy atom. The first-order valence-corrected chi connectivity index (χ1v) is 11.0. The summed E-state index contributed by atoms with van der Waals surface area (Å²) in [7, 11) is 1.24. The van der Waals surface area contributed by atoms with Gasteiger partial charge >= 0.3 is 0 Å². The number of rotatable bonds is 11. The lowest BCUT2D eigenvalue weighted by Crippen LogP contribution is -2.46. The average molecular weight is 518 g/mol. The molecule has 10 N–H and O–H groups in total. The maximum absolute atomic E-state index is 10.4. The van der Waals surface area contributed by atoms with Crippen molar-refractivity contribution in [2.24, 2.45) is 0 Å². The first-order valence-electron chi connectivity index (χ1n) is 11.0. The zero-order chi connectivity index (χ0) is 26.0. The highest BCUT2D eigenvalue weighted by Gasteiger charge is 2.52. The number of hydrogen-bond acceptors (Lipinski definition) is 16. The van der Waals surface area contributed by atoms with E-state index < -0.39 is 112 Å². The van der Waals surface area contributed by atoms with E-state index in [1.807, 2.05) is 0 Å². The first-order chi connectivity index (χ1) is 16.5. The maximum Gasteiger partial charge on any atom is 0.187 e. The van der Waals surface area contributed by atoms with Crippen molar-refractivity contribution in [3.05, 3.63) is 0 Å². The number of hydrogen-bond donors (Lipinski definition) is 10. The van der Waals surface area contributed by atoms with Gasteiger partial charge in [0.15, 0.2) is 18.9 Å². The molecule has 3 heterocycles. The van der Waals surface area contributed by atoms with Crippen LogP contribution in [0, 0.1) is 0 Å². The van der Waals surface area contributed by atoms with Gasteiger partial charge in [0.25, 0.3) is 0 Å². The number of aliphatic hydroxyl groups is 10. The third-order valence-electron chi connectivity index (χ3n) is 6.23. The zero-order valence-corrected chi connectivity index (χ0v) is 18.7. The van der Waals surface area contributed by atoms with Crippen molar-refractivity contribution < 1.29 is 79.5 Å². The van der Waals surface area contributed by atoms with Gasteiger partial charge in [-0.2, -0.15) is 0 Å². The summed E-state index contributed by atoms with van der Waals surface area (Å²) >= 11 is 0. The van der Waals surface area contributed by atoms with Gasteiger partial charge in [-0.25, -0.2) is 0 Å². The molecule has 16 nitrogen and oxygen atoms in total. The second-order valence-electron chi connectivity index (χ2n) is 8.59. The van der Waals surface area contributed by atoms with Gasteiger partial charge in [-0.05, 0) is 0 Å². The van der Waals surface area contributed by atoms with Crippen molar-refractivity contribution in [2.75, 3.05) is 26.9 Å². The van der Waals surface area contributed by atoms with Crippen LogP contribution in [0.4, 0.5) is 0 Å². The smallest absolute Gasteiger partial charge is 0.187 e. The summed E-state index contributed by atoms with van der Waals surface area (Å²) in [5.74, 6) is 0. The molecule has 3 rings (SSSR count). The second kappa shape index (κ2) is 12.3. The van der Waals surface area contributed by atoms with E-state index in [0.717, 1.165) is 0 Å². The van der Waals surface area contributed by atoms with Crippen molar-refractivity contribution in [1.82, 2.24) is 0 Å². The fourth-order valence-corrected chi connectivity index (χ4v) is 4.19. The predicted molar refractivity (Wildman–Crippen MR) is 106 cm³/mol. The lowest BCUT2D eigenvalue weighted by atomic mass is 10.1. The van der Waals surface area contributed by atoms with Crippen LogP contribution in [0.2, 0.25) is 0 Å². The molecular weight excluding hydrogens is 484 g/mol. The molecule has 0 aromatic rings. The predicted octanol–water partition coefficient (Wildman–Crippen LogP) is -6.92. The highest BCUT2D eigenvalue weighted by molar-refractivity contribution is 4.95. The van der Waals surface area contributed by atoms with E-state index in [1.54, 1.807) is 0 Å². The molecule has 3 aliphatic heterocycles. The van der Waals surface area contributed by atoms with Crippen LogP contribution in [-0.4, -0.2) is 170 Å². The van der Waals surface area contributed by atoms with Crippen LogP contribution < -0.4 is 0 Å².